The molecule has 2 heteroatoms. The van der Waals surface area contributed by atoms with Crippen LogP contribution in [0.15, 0.2) is 18.2 Å². The Morgan fingerprint density at radius 2 is 2.00 bits per heavy atom. The Bertz CT molecular complexity index is 461. The van der Waals surface area contributed by atoms with E-state index in [1.165, 1.54) is 69.3 Å². The minimum Gasteiger partial charge on any atom is -0.368 e. The van der Waals surface area contributed by atoms with Crippen LogP contribution in [0.4, 0.5) is 5.69 Å². The van der Waals surface area contributed by atoms with E-state index in [4.69, 9.17) is 0 Å². The molecule has 0 bridgehead atoms. The molecule has 2 nitrogen and oxygen atoms in total. The molecular weight excluding hydrogens is 256 g/mol. The van der Waals surface area contributed by atoms with Gasteiger partial charge in [0.25, 0.3) is 0 Å². The van der Waals surface area contributed by atoms with Gasteiger partial charge in [-0.05, 0) is 70.0 Å². The summed E-state index contributed by atoms with van der Waals surface area (Å²) in [5, 5.41) is 3.70. The van der Waals surface area contributed by atoms with Crippen LogP contribution in [-0.4, -0.2) is 25.2 Å². The standard InChI is InChI=1S/C19H30N2/c1-3-12-20-17-7-9-18(10-8-17)21-13-4-5-16-14-15(2)6-11-19(16)21/h6,11,14,17-18,20H,3-5,7-10,12-13H2,1-2H3. The topological polar surface area (TPSA) is 15.3 Å². The molecule has 0 aromatic heterocycles. The Morgan fingerprint density at radius 3 is 2.76 bits per heavy atom. The number of aryl methyl sites for hydroxylation is 2. The van der Waals surface area contributed by atoms with E-state index in [2.05, 4.69) is 42.3 Å². The molecule has 0 spiro atoms. The van der Waals surface area contributed by atoms with Crippen LogP contribution in [0.2, 0.25) is 0 Å². The number of nitrogens with one attached hydrogen (secondary N) is 1. The smallest absolute Gasteiger partial charge is 0.0401 e. The summed E-state index contributed by atoms with van der Waals surface area (Å²) in [4.78, 5) is 2.72. The fourth-order valence-corrected chi connectivity index (χ4v) is 4.07. The number of hydrogen-bond acceptors (Lipinski definition) is 2. The monoisotopic (exact) mass is 286 g/mol. The summed E-state index contributed by atoms with van der Waals surface area (Å²) in [7, 11) is 0. The lowest BCUT2D eigenvalue weighted by Crippen LogP contribution is -2.44. The fraction of sp³-hybridized carbons (Fsp3) is 0.684. The predicted molar refractivity (Wildman–Crippen MR) is 91.2 cm³/mol. The molecule has 21 heavy (non-hydrogen) atoms. The van der Waals surface area contributed by atoms with Gasteiger partial charge in [-0.15, -0.1) is 0 Å². The zero-order valence-corrected chi connectivity index (χ0v) is 13.7. The molecule has 1 aliphatic heterocycles. The normalized spacial score (nSPS) is 25.7. The van der Waals surface area contributed by atoms with Gasteiger partial charge in [0.05, 0.1) is 0 Å². The number of rotatable bonds is 4. The number of anilines is 1. The fourth-order valence-electron chi connectivity index (χ4n) is 4.07. The summed E-state index contributed by atoms with van der Waals surface area (Å²) in [6, 6.07) is 8.59. The molecule has 0 atom stereocenters. The first-order valence-corrected chi connectivity index (χ1v) is 8.87. The summed E-state index contributed by atoms with van der Waals surface area (Å²) >= 11 is 0. The highest BCUT2D eigenvalue weighted by molar-refractivity contribution is 5.57. The van der Waals surface area contributed by atoms with Crippen molar-refractivity contribution in [3.8, 4) is 0 Å². The number of hydrogen-bond donors (Lipinski definition) is 1. The van der Waals surface area contributed by atoms with Crippen LogP contribution in [0.5, 0.6) is 0 Å². The largest absolute Gasteiger partial charge is 0.368 e. The minimum absolute atomic E-state index is 0.767. The molecule has 0 unspecified atom stereocenters. The SMILES string of the molecule is CCCNC1CCC(N2CCCc3cc(C)ccc32)CC1. The number of nitrogens with zero attached hydrogens (tertiary/aromatic N) is 1. The molecule has 1 aliphatic carbocycles. The molecule has 0 saturated heterocycles. The second-order valence-corrected chi connectivity index (χ2v) is 6.89. The van der Waals surface area contributed by atoms with Gasteiger partial charge in [0.15, 0.2) is 0 Å². The Labute approximate surface area is 129 Å². The first-order valence-electron chi connectivity index (χ1n) is 8.87. The first-order chi connectivity index (χ1) is 10.3. The van der Waals surface area contributed by atoms with Gasteiger partial charge in [0.1, 0.15) is 0 Å². The van der Waals surface area contributed by atoms with Crippen LogP contribution in [0.1, 0.15) is 56.6 Å². The van der Waals surface area contributed by atoms with Crippen molar-refractivity contribution in [1.29, 1.82) is 0 Å². The lowest BCUT2D eigenvalue weighted by molar-refractivity contribution is 0.329. The van der Waals surface area contributed by atoms with Gasteiger partial charge in [0, 0.05) is 24.3 Å². The molecular formula is C19H30N2. The summed E-state index contributed by atoms with van der Waals surface area (Å²) in [5.74, 6) is 0. The third-order valence-corrected chi connectivity index (χ3v) is 5.21. The average Bonchev–Trinajstić information content (AvgIpc) is 2.52. The highest BCUT2D eigenvalue weighted by Gasteiger charge is 2.28. The van der Waals surface area contributed by atoms with E-state index in [0.29, 0.717) is 0 Å². The molecule has 2 aliphatic rings. The average molecular weight is 286 g/mol. The van der Waals surface area contributed by atoms with Crippen molar-refractivity contribution >= 4 is 5.69 Å². The molecule has 1 aromatic rings. The molecule has 1 heterocycles. The Kier molecular flexibility index (Phi) is 4.84. The van der Waals surface area contributed by atoms with Gasteiger partial charge in [0.2, 0.25) is 0 Å². The van der Waals surface area contributed by atoms with Crippen molar-refractivity contribution in [2.24, 2.45) is 0 Å². The van der Waals surface area contributed by atoms with E-state index in [0.717, 1.165) is 12.1 Å². The van der Waals surface area contributed by atoms with E-state index < -0.39 is 0 Å². The maximum absolute atomic E-state index is 3.70. The summed E-state index contributed by atoms with van der Waals surface area (Å²) in [5.41, 5.74) is 4.51. The minimum atomic E-state index is 0.767. The molecule has 0 amide bonds. The van der Waals surface area contributed by atoms with E-state index in [1.54, 1.807) is 5.56 Å². The van der Waals surface area contributed by atoms with Gasteiger partial charge in [-0.2, -0.15) is 0 Å². The molecule has 1 saturated carbocycles. The van der Waals surface area contributed by atoms with Gasteiger partial charge < -0.3 is 10.2 Å². The highest BCUT2D eigenvalue weighted by Crippen LogP contribution is 2.34. The van der Waals surface area contributed by atoms with E-state index in [1.807, 2.05) is 0 Å². The maximum Gasteiger partial charge on any atom is 0.0401 e. The number of fused-ring (bicyclic) bond motifs is 1. The van der Waals surface area contributed by atoms with Gasteiger partial charge >= 0.3 is 0 Å². The number of benzene rings is 1. The van der Waals surface area contributed by atoms with Gasteiger partial charge in [-0.1, -0.05) is 24.6 Å². The summed E-state index contributed by atoms with van der Waals surface area (Å²) in [6.07, 6.45) is 9.25. The van der Waals surface area contributed by atoms with E-state index in [-0.39, 0.29) is 0 Å². The summed E-state index contributed by atoms with van der Waals surface area (Å²) < 4.78 is 0. The van der Waals surface area contributed by atoms with Crippen molar-refractivity contribution in [2.75, 3.05) is 18.0 Å². The van der Waals surface area contributed by atoms with E-state index in [9.17, 15) is 0 Å². The molecule has 1 aromatic carbocycles. The van der Waals surface area contributed by atoms with Crippen molar-refractivity contribution < 1.29 is 0 Å². The van der Waals surface area contributed by atoms with Crippen LogP contribution in [0.3, 0.4) is 0 Å². The zero-order chi connectivity index (χ0) is 14.7. The molecule has 1 N–H and O–H groups in total. The quantitative estimate of drug-likeness (QED) is 0.898. The lowest BCUT2D eigenvalue weighted by Gasteiger charge is -2.41. The van der Waals surface area contributed by atoms with Crippen molar-refractivity contribution in [3.63, 3.8) is 0 Å². The van der Waals surface area contributed by atoms with Crippen LogP contribution in [-0.2, 0) is 6.42 Å². The highest BCUT2D eigenvalue weighted by atomic mass is 15.2. The Morgan fingerprint density at radius 1 is 1.19 bits per heavy atom. The second kappa shape index (κ2) is 6.83. The zero-order valence-electron chi connectivity index (χ0n) is 13.7. The van der Waals surface area contributed by atoms with Crippen molar-refractivity contribution in [1.82, 2.24) is 5.32 Å². The summed E-state index contributed by atoms with van der Waals surface area (Å²) in [6.45, 7) is 6.91. The van der Waals surface area contributed by atoms with Crippen LogP contribution < -0.4 is 10.2 Å². The lowest BCUT2D eigenvalue weighted by atomic mass is 9.88. The Balaban J connectivity index is 1.64. The van der Waals surface area contributed by atoms with E-state index >= 15 is 0 Å². The maximum atomic E-state index is 3.70. The molecule has 3 rings (SSSR count). The molecule has 116 valence electrons. The third kappa shape index (κ3) is 3.42. The predicted octanol–water partition coefficient (Wildman–Crippen LogP) is 4.06. The third-order valence-electron chi connectivity index (χ3n) is 5.21. The van der Waals surface area contributed by atoms with Crippen LogP contribution in [0, 0.1) is 6.92 Å². The second-order valence-electron chi connectivity index (χ2n) is 6.89. The van der Waals surface area contributed by atoms with Gasteiger partial charge in [-0.3, -0.25) is 0 Å². The van der Waals surface area contributed by atoms with Gasteiger partial charge in [-0.25, -0.2) is 0 Å². The van der Waals surface area contributed by atoms with Crippen molar-refractivity contribution in [2.45, 2.75) is 70.9 Å². The van der Waals surface area contributed by atoms with Crippen LogP contribution in [0.25, 0.3) is 0 Å². The van der Waals surface area contributed by atoms with Crippen LogP contribution >= 0.6 is 0 Å². The van der Waals surface area contributed by atoms with Crippen molar-refractivity contribution in [3.05, 3.63) is 29.3 Å². The molecule has 0 radical (unpaired) electrons. The Hall–Kier alpha value is -1.02. The molecule has 1 fully saturated rings. The first kappa shape index (κ1) is 14.9.